The largest absolute Gasteiger partial charge is 0.394 e. The summed E-state index contributed by atoms with van der Waals surface area (Å²) in [6.07, 6.45) is 11.2. The lowest BCUT2D eigenvalue weighted by Gasteiger charge is -2.26. The molecule has 0 fully saturated rings. The van der Waals surface area contributed by atoms with Gasteiger partial charge in [0.2, 0.25) is 0 Å². The summed E-state index contributed by atoms with van der Waals surface area (Å²) in [5.74, 6) is 0. The van der Waals surface area contributed by atoms with Gasteiger partial charge in [0, 0.05) is 13.1 Å². The van der Waals surface area contributed by atoms with Crippen LogP contribution in [-0.4, -0.2) is 70.4 Å². The molecule has 0 bridgehead atoms. The Morgan fingerprint density at radius 2 is 1.04 bits per heavy atom. The van der Waals surface area contributed by atoms with Crippen LogP contribution in [-0.2, 0) is 0 Å². The maximum atomic E-state index is 9.54. The SMILES string of the molecule is CCCCCCCCCCCCN(CC(O)CO)CC(O)CO. The van der Waals surface area contributed by atoms with Crippen LogP contribution in [0.4, 0.5) is 0 Å². The highest BCUT2D eigenvalue weighted by Crippen LogP contribution is 2.11. The van der Waals surface area contributed by atoms with Crippen molar-refractivity contribution in [1.29, 1.82) is 0 Å². The Balaban J connectivity index is 3.65. The van der Waals surface area contributed by atoms with Gasteiger partial charge in [-0.15, -0.1) is 0 Å². The number of aliphatic hydroxyl groups is 4. The smallest absolute Gasteiger partial charge is 0.0897 e. The molecule has 0 saturated heterocycles. The molecule has 0 spiro atoms. The highest BCUT2D eigenvalue weighted by molar-refractivity contribution is 4.68. The van der Waals surface area contributed by atoms with Crippen molar-refractivity contribution in [2.24, 2.45) is 0 Å². The van der Waals surface area contributed by atoms with Gasteiger partial charge in [-0.05, 0) is 13.0 Å². The summed E-state index contributed by atoms with van der Waals surface area (Å²) in [6.45, 7) is 3.15. The Labute approximate surface area is 142 Å². The van der Waals surface area contributed by atoms with Crippen LogP contribution in [0, 0.1) is 0 Å². The first-order valence-electron chi connectivity index (χ1n) is 9.44. The van der Waals surface area contributed by atoms with Gasteiger partial charge >= 0.3 is 0 Å². The van der Waals surface area contributed by atoms with E-state index in [2.05, 4.69) is 6.92 Å². The van der Waals surface area contributed by atoms with E-state index in [0.717, 1.165) is 19.4 Å². The molecule has 2 atom stereocenters. The van der Waals surface area contributed by atoms with Crippen LogP contribution in [0.25, 0.3) is 0 Å². The van der Waals surface area contributed by atoms with E-state index < -0.39 is 12.2 Å². The van der Waals surface area contributed by atoms with Crippen LogP contribution in [0.15, 0.2) is 0 Å². The average Bonchev–Trinajstić information content (AvgIpc) is 2.55. The minimum absolute atomic E-state index is 0.274. The fourth-order valence-electron chi connectivity index (χ4n) is 2.79. The summed E-state index contributed by atoms with van der Waals surface area (Å²) in [5.41, 5.74) is 0. The molecule has 0 heterocycles. The summed E-state index contributed by atoms with van der Waals surface area (Å²) in [5, 5.41) is 36.9. The Morgan fingerprint density at radius 1 is 0.652 bits per heavy atom. The van der Waals surface area contributed by atoms with E-state index in [4.69, 9.17) is 10.2 Å². The van der Waals surface area contributed by atoms with E-state index in [9.17, 15) is 10.2 Å². The fourth-order valence-corrected chi connectivity index (χ4v) is 2.79. The predicted molar refractivity (Wildman–Crippen MR) is 94.5 cm³/mol. The molecule has 0 aliphatic carbocycles. The van der Waals surface area contributed by atoms with Crippen molar-refractivity contribution < 1.29 is 20.4 Å². The maximum absolute atomic E-state index is 9.54. The van der Waals surface area contributed by atoms with E-state index in [0.29, 0.717) is 13.1 Å². The summed E-state index contributed by atoms with van der Waals surface area (Å²) < 4.78 is 0. The van der Waals surface area contributed by atoms with Crippen molar-refractivity contribution in [3.63, 3.8) is 0 Å². The molecule has 0 radical (unpaired) electrons. The minimum Gasteiger partial charge on any atom is -0.394 e. The number of unbranched alkanes of at least 4 members (excludes halogenated alkanes) is 9. The number of rotatable bonds is 17. The molecule has 5 nitrogen and oxygen atoms in total. The lowest BCUT2D eigenvalue weighted by atomic mass is 10.1. The van der Waals surface area contributed by atoms with Crippen LogP contribution in [0.2, 0.25) is 0 Å². The van der Waals surface area contributed by atoms with Crippen LogP contribution in [0.3, 0.4) is 0 Å². The minimum atomic E-state index is -0.788. The fraction of sp³-hybridized carbons (Fsp3) is 1.00. The van der Waals surface area contributed by atoms with Gasteiger partial charge in [0.15, 0.2) is 0 Å². The molecule has 140 valence electrons. The zero-order valence-electron chi connectivity index (χ0n) is 15.0. The molecule has 0 aromatic rings. The van der Waals surface area contributed by atoms with Crippen molar-refractivity contribution in [3.05, 3.63) is 0 Å². The number of hydrogen-bond donors (Lipinski definition) is 4. The van der Waals surface area contributed by atoms with Crippen molar-refractivity contribution in [2.75, 3.05) is 32.8 Å². The molecule has 0 aliphatic heterocycles. The van der Waals surface area contributed by atoms with E-state index in [1.165, 1.54) is 51.4 Å². The third-order valence-corrected chi connectivity index (χ3v) is 4.19. The molecule has 23 heavy (non-hydrogen) atoms. The Kier molecular flexibility index (Phi) is 16.5. The van der Waals surface area contributed by atoms with Gasteiger partial charge in [-0.25, -0.2) is 0 Å². The second-order valence-electron chi connectivity index (χ2n) is 6.61. The third-order valence-electron chi connectivity index (χ3n) is 4.19. The molecule has 0 rings (SSSR count). The van der Waals surface area contributed by atoms with Gasteiger partial charge in [-0.2, -0.15) is 0 Å². The molecule has 2 unspecified atom stereocenters. The monoisotopic (exact) mass is 333 g/mol. The number of nitrogens with zero attached hydrogens (tertiary/aromatic N) is 1. The molecule has 0 aromatic carbocycles. The molecule has 5 heteroatoms. The van der Waals surface area contributed by atoms with E-state index in [1.54, 1.807) is 0 Å². The molecular formula is C18H39NO4. The first-order chi connectivity index (χ1) is 11.1. The molecule has 0 saturated carbocycles. The number of hydrogen-bond acceptors (Lipinski definition) is 5. The average molecular weight is 334 g/mol. The summed E-state index contributed by atoms with van der Waals surface area (Å²) in [4.78, 5) is 1.92. The summed E-state index contributed by atoms with van der Waals surface area (Å²) in [7, 11) is 0. The second kappa shape index (κ2) is 16.7. The second-order valence-corrected chi connectivity index (χ2v) is 6.61. The molecule has 0 aliphatic rings. The molecular weight excluding hydrogens is 294 g/mol. The normalized spacial score (nSPS) is 14.3. The number of aliphatic hydroxyl groups excluding tert-OH is 4. The summed E-state index contributed by atoms with van der Waals surface area (Å²) >= 11 is 0. The Bertz CT molecular complexity index is 229. The third kappa shape index (κ3) is 15.1. The highest BCUT2D eigenvalue weighted by atomic mass is 16.3. The zero-order valence-corrected chi connectivity index (χ0v) is 15.0. The van der Waals surface area contributed by atoms with Crippen LogP contribution in [0.1, 0.15) is 71.1 Å². The molecule has 0 amide bonds. The van der Waals surface area contributed by atoms with Gasteiger partial charge in [0.05, 0.1) is 25.4 Å². The standard InChI is InChI=1S/C18H39NO4/c1-2-3-4-5-6-7-8-9-10-11-12-19(13-17(22)15-20)14-18(23)16-21/h17-18,20-23H,2-16H2,1H3. The maximum Gasteiger partial charge on any atom is 0.0897 e. The summed E-state index contributed by atoms with van der Waals surface area (Å²) in [6, 6.07) is 0. The van der Waals surface area contributed by atoms with Gasteiger partial charge in [-0.1, -0.05) is 64.7 Å². The van der Waals surface area contributed by atoms with Crippen LogP contribution < -0.4 is 0 Å². The van der Waals surface area contributed by atoms with Crippen molar-refractivity contribution in [1.82, 2.24) is 4.90 Å². The predicted octanol–water partition coefficient (Wildman–Crippen LogP) is 1.92. The van der Waals surface area contributed by atoms with Gasteiger partial charge in [0.25, 0.3) is 0 Å². The Morgan fingerprint density at radius 3 is 1.43 bits per heavy atom. The van der Waals surface area contributed by atoms with E-state index >= 15 is 0 Å². The van der Waals surface area contributed by atoms with Crippen molar-refractivity contribution in [2.45, 2.75) is 83.3 Å². The van der Waals surface area contributed by atoms with Crippen LogP contribution in [0.5, 0.6) is 0 Å². The highest BCUT2D eigenvalue weighted by Gasteiger charge is 2.14. The first kappa shape index (κ1) is 22.8. The lowest BCUT2D eigenvalue weighted by molar-refractivity contribution is 0.0228. The van der Waals surface area contributed by atoms with Gasteiger partial charge in [-0.3, -0.25) is 4.90 Å². The molecule has 4 N–H and O–H groups in total. The van der Waals surface area contributed by atoms with Gasteiger partial charge < -0.3 is 20.4 Å². The topological polar surface area (TPSA) is 84.2 Å². The van der Waals surface area contributed by atoms with Crippen molar-refractivity contribution >= 4 is 0 Å². The lowest BCUT2D eigenvalue weighted by Crippen LogP contribution is -2.40. The molecule has 0 aromatic heterocycles. The first-order valence-corrected chi connectivity index (χ1v) is 9.44. The van der Waals surface area contributed by atoms with E-state index in [1.807, 2.05) is 4.90 Å². The van der Waals surface area contributed by atoms with Crippen LogP contribution >= 0.6 is 0 Å². The van der Waals surface area contributed by atoms with Gasteiger partial charge in [0.1, 0.15) is 0 Å². The Hall–Kier alpha value is -0.200. The quantitative estimate of drug-likeness (QED) is 0.306. The van der Waals surface area contributed by atoms with E-state index in [-0.39, 0.29) is 13.2 Å². The van der Waals surface area contributed by atoms with Crippen molar-refractivity contribution in [3.8, 4) is 0 Å². The zero-order chi connectivity index (χ0) is 17.3.